The summed E-state index contributed by atoms with van der Waals surface area (Å²) in [5, 5.41) is 11.6. The number of anilines is 1. The van der Waals surface area contributed by atoms with Crippen LogP contribution in [-0.4, -0.2) is 6.54 Å². The molecule has 0 saturated carbocycles. The van der Waals surface area contributed by atoms with Gasteiger partial charge in [-0.25, -0.2) is 4.39 Å². The van der Waals surface area contributed by atoms with E-state index in [0.29, 0.717) is 0 Å². The second-order valence-corrected chi connectivity index (χ2v) is 2.73. The molecule has 3 heteroatoms. The van der Waals surface area contributed by atoms with Crippen molar-refractivity contribution in [2.45, 2.75) is 13.3 Å². The van der Waals surface area contributed by atoms with E-state index in [-0.39, 0.29) is 5.56 Å². The summed E-state index contributed by atoms with van der Waals surface area (Å²) in [7, 11) is 0. The molecule has 1 aromatic rings. The molecule has 2 nitrogen and oxygen atoms in total. The summed E-state index contributed by atoms with van der Waals surface area (Å²) >= 11 is 0. The summed E-state index contributed by atoms with van der Waals surface area (Å²) in [6.07, 6.45) is 0.999. The Morgan fingerprint density at radius 2 is 2.31 bits per heavy atom. The van der Waals surface area contributed by atoms with Crippen molar-refractivity contribution >= 4 is 5.69 Å². The summed E-state index contributed by atoms with van der Waals surface area (Å²) in [6, 6.07) is 6.25. The van der Waals surface area contributed by atoms with Crippen molar-refractivity contribution in [3.8, 4) is 6.07 Å². The van der Waals surface area contributed by atoms with Gasteiger partial charge in [0.1, 0.15) is 11.9 Å². The third kappa shape index (κ3) is 2.45. The average Bonchev–Trinajstić information content (AvgIpc) is 2.16. The molecular formula is C10H11FN2. The van der Waals surface area contributed by atoms with Gasteiger partial charge < -0.3 is 5.32 Å². The molecule has 0 amide bonds. The minimum atomic E-state index is -0.468. The Morgan fingerprint density at radius 3 is 2.92 bits per heavy atom. The van der Waals surface area contributed by atoms with Gasteiger partial charge in [-0.2, -0.15) is 5.26 Å². The summed E-state index contributed by atoms with van der Waals surface area (Å²) in [5.41, 5.74) is 0.876. The lowest BCUT2D eigenvalue weighted by Crippen LogP contribution is -2.00. The number of benzene rings is 1. The smallest absolute Gasteiger partial charge is 0.141 e. The van der Waals surface area contributed by atoms with E-state index < -0.39 is 5.82 Å². The van der Waals surface area contributed by atoms with Crippen molar-refractivity contribution in [1.29, 1.82) is 5.26 Å². The Morgan fingerprint density at radius 1 is 1.54 bits per heavy atom. The highest BCUT2D eigenvalue weighted by molar-refractivity contribution is 5.49. The Balaban J connectivity index is 2.82. The molecule has 13 heavy (non-hydrogen) atoms. The number of nitrogens with one attached hydrogen (secondary N) is 1. The molecule has 1 N–H and O–H groups in total. The number of halogens is 1. The zero-order chi connectivity index (χ0) is 9.68. The third-order valence-electron chi connectivity index (χ3n) is 1.67. The summed E-state index contributed by atoms with van der Waals surface area (Å²) in [4.78, 5) is 0. The van der Waals surface area contributed by atoms with E-state index in [0.717, 1.165) is 18.7 Å². The molecule has 0 radical (unpaired) electrons. The fraction of sp³-hybridized carbons (Fsp3) is 0.300. The molecule has 0 unspecified atom stereocenters. The van der Waals surface area contributed by atoms with E-state index >= 15 is 0 Å². The third-order valence-corrected chi connectivity index (χ3v) is 1.67. The SMILES string of the molecule is CCCNc1ccc(F)c(C#N)c1. The number of nitriles is 1. The maximum absolute atomic E-state index is 12.8. The highest BCUT2D eigenvalue weighted by atomic mass is 19.1. The van der Waals surface area contributed by atoms with Crippen LogP contribution < -0.4 is 5.32 Å². The van der Waals surface area contributed by atoms with Crippen molar-refractivity contribution in [2.24, 2.45) is 0 Å². The molecule has 0 atom stereocenters. The summed E-state index contributed by atoms with van der Waals surface area (Å²) in [5.74, 6) is -0.468. The molecule has 0 aliphatic rings. The van der Waals surface area contributed by atoms with Crippen LogP contribution in [0.3, 0.4) is 0 Å². The number of rotatable bonds is 3. The van der Waals surface area contributed by atoms with Crippen molar-refractivity contribution in [3.63, 3.8) is 0 Å². The fourth-order valence-electron chi connectivity index (χ4n) is 0.990. The van der Waals surface area contributed by atoms with Gasteiger partial charge in [-0.1, -0.05) is 6.92 Å². The van der Waals surface area contributed by atoms with Gasteiger partial charge in [0.15, 0.2) is 0 Å². The molecule has 0 bridgehead atoms. The average molecular weight is 178 g/mol. The minimum absolute atomic E-state index is 0.0844. The van der Waals surface area contributed by atoms with Gasteiger partial charge >= 0.3 is 0 Å². The van der Waals surface area contributed by atoms with Crippen molar-refractivity contribution in [1.82, 2.24) is 0 Å². The van der Waals surface area contributed by atoms with E-state index in [1.807, 2.05) is 6.92 Å². The van der Waals surface area contributed by atoms with E-state index in [9.17, 15) is 4.39 Å². The summed E-state index contributed by atoms with van der Waals surface area (Å²) in [6.45, 7) is 2.87. The van der Waals surface area contributed by atoms with Crippen LogP contribution in [0.1, 0.15) is 18.9 Å². The molecule has 68 valence electrons. The highest BCUT2D eigenvalue weighted by Gasteiger charge is 2.01. The first-order valence-corrected chi connectivity index (χ1v) is 4.21. The van der Waals surface area contributed by atoms with Crippen LogP contribution in [-0.2, 0) is 0 Å². The van der Waals surface area contributed by atoms with E-state index in [2.05, 4.69) is 5.32 Å². The molecular weight excluding hydrogens is 167 g/mol. The van der Waals surface area contributed by atoms with Crippen molar-refractivity contribution in [3.05, 3.63) is 29.6 Å². The lowest BCUT2D eigenvalue weighted by molar-refractivity contribution is 0.624. The van der Waals surface area contributed by atoms with Crippen LogP contribution in [0.5, 0.6) is 0 Å². The maximum Gasteiger partial charge on any atom is 0.141 e. The zero-order valence-electron chi connectivity index (χ0n) is 7.47. The lowest BCUT2D eigenvalue weighted by atomic mass is 10.2. The Bertz CT molecular complexity index is 328. The van der Waals surface area contributed by atoms with Crippen LogP contribution >= 0.6 is 0 Å². The molecule has 1 aromatic carbocycles. The van der Waals surface area contributed by atoms with Crippen molar-refractivity contribution < 1.29 is 4.39 Å². The van der Waals surface area contributed by atoms with Gasteiger partial charge in [-0.3, -0.25) is 0 Å². The van der Waals surface area contributed by atoms with Gasteiger partial charge in [0.05, 0.1) is 5.56 Å². The van der Waals surface area contributed by atoms with Crippen LogP contribution in [0, 0.1) is 17.1 Å². The van der Waals surface area contributed by atoms with Gasteiger partial charge in [0.2, 0.25) is 0 Å². The molecule has 0 aliphatic carbocycles. The molecule has 0 heterocycles. The first-order chi connectivity index (χ1) is 6.27. The lowest BCUT2D eigenvalue weighted by Gasteiger charge is -2.04. The highest BCUT2D eigenvalue weighted by Crippen LogP contribution is 2.13. The van der Waals surface area contributed by atoms with Crippen LogP contribution in [0.15, 0.2) is 18.2 Å². The monoisotopic (exact) mass is 178 g/mol. The van der Waals surface area contributed by atoms with Crippen LogP contribution in [0.4, 0.5) is 10.1 Å². The maximum atomic E-state index is 12.8. The first kappa shape index (κ1) is 9.53. The largest absolute Gasteiger partial charge is 0.385 e. The van der Waals surface area contributed by atoms with Gasteiger partial charge in [-0.15, -0.1) is 0 Å². The number of nitrogens with zero attached hydrogens (tertiary/aromatic N) is 1. The second kappa shape index (κ2) is 4.46. The standard InChI is InChI=1S/C10H11FN2/c1-2-5-13-9-3-4-10(11)8(6-9)7-12/h3-4,6,13H,2,5H2,1H3. The Kier molecular flexibility index (Phi) is 3.27. The molecule has 0 aromatic heterocycles. The van der Waals surface area contributed by atoms with Gasteiger partial charge in [-0.05, 0) is 24.6 Å². The molecule has 1 rings (SSSR count). The molecule has 0 aliphatic heterocycles. The van der Waals surface area contributed by atoms with E-state index in [4.69, 9.17) is 5.26 Å². The van der Waals surface area contributed by atoms with Crippen LogP contribution in [0.25, 0.3) is 0 Å². The quantitative estimate of drug-likeness (QED) is 0.771. The van der Waals surface area contributed by atoms with E-state index in [1.165, 1.54) is 12.1 Å². The summed E-state index contributed by atoms with van der Waals surface area (Å²) < 4.78 is 12.8. The fourth-order valence-corrected chi connectivity index (χ4v) is 0.990. The van der Waals surface area contributed by atoms with Gasteiger partial charge in [0, 0.05) is 12.2 Å². The molecule has 0 spiro atoms. The second-order valence-electron chi connectivity index (χ2n) is 2.73. The number of hydrogen-bond acceptors (Lipinski definition) is 2. The van der Waals surface area contributed by atoms with Crippen molar-refractivity contribution in [2.75, 3.05) is 11.9 Å². The normalized spacial score (nSPS) is 9.31. The molecule has 0 saturated heterocycles. The zero-order valence-corrected chi connectivity index (χ0v) is 7.47. The first-order valence-electron chi connectivity index (χ1n) is 4.21. The van der Waals surface area contributed by atoms with Gasteiger partial charge in [0.25, 0.3) is 0 Å². The van der Waals surface area contributed by atoms with Crippen LogP contribution in [0.2, 0.25) is 0 Å². The Labute approximate surface area is 77.0 Å². The molecule has 0 fully saturated rings. The predicted octanol–water partition coefficient (Wildman–Crippen LogP) is 2.52. The predicted molar refractivity (Wildman–Crippen MR) is 49.9 cm³/mol. The van der Waals surface area contributed by atoms with E-state index in [1.54, 1.807) is 12.1 Å². The number of hydrogen-bond donors (Lipinski definition) is 1. The topological polar surface area (TPSA) is 35.8 Å². The minimum Gasteiger partial charge on any atom is -0.385 e. The Hall–Kier alpha value is -1.56.